The van der Waals surface area contributed by atoms with Crippen molar-refractivity contribution in [3.63, 3.8) is 0 Å². The molecular weight excluding hydrogens is 348 g/mol. The van der Waals surface area contributed by atoms with E-state index in [1.54, 1.807) is 0 Å². The van der Waals surface area contributed by atoms with Gasteiger partial charge in [0.15, 0.2) is 11.5 Å². The van der Waals surface area contributed by atoms with Crippen molar-refractivity contribution in [1.82, 2.24) is 14.6 Å². The zero-order valence-electron chi connectivity index (χ0n) is 14.6. The van der Waals surface area contributed by atoms with Crippen LogP contribution in [0.25, 0.3) is 0 Å². The van der Waals surface area contributed by atoms with E-state index in [1.165, 1.54) is 30.7 Å². The Morgan fingerprint density at radius 2 is 1.72 bits per heavy atom. The summed E-state index contributed by atoms with van der Waals surface area (Å²) in [4.78, 5) is 13.8. The molecule has 1 amide bonds. The largest absolute Gasteiger partial charge is 0.493 e. The first-order valence-corrected chi connectivity index (χ1v) is 9.20. The van der Waals surface area contributed by atoms with Crippen LogP contribution in [-0.2, 0) is 21.2 Å². The molecule has 0 spiro atoms. The van der Waals surface area contributed by atoms with Crippen molar-refractivity contribution in [2.45, 2.75) is 11.3 Å². The first-order chi connectivity index (χ1) is 11.8. The highest BCUT2D eigenvalue weighted by atomic mass is 32.2. The standard InChI is InChI=1S/C15H24N4O5S/c1-18-4-6-19(7-5-18)25(21,22)14-10-13(24-3)12(23-2)8-11(14)9-15(20)17-16/h8,10H,4-7,9,16H2,1-3H3,(H,17,20). The number of nitrogens with zero attached hydrogens (tertiary/aromatic N) is 2. The molecule has 1 aliphatic heterocycles. The Morgan fingerprint density at radius 3 is 2.24 bits per heavy atom. The number of hydrogen-bond donors (Lipinski definition) is 2. The molecule has 2 rings (SSSR count). The molecule has 1 saturated heterocycles. The fraction of sp³-hybridized carbons (Fsp3) is 0.533. The molecule has 10 heteroatoms. The van der Waals surface area contributed by atoms with Gasteiger partial charge in [-0.1, -0.05) is 0 Å². The van der Waals surface area contributed by atoms with Gasteiger partial charge in [0.2, 0.25) is 15.9 Å². The molecule has 3 N–H and O–H groups in total. The summed E-state index contributed by atoms with van der Waals surface area (Å²) in [6.07, 6.45) is -0.181. The number of sulfonamides is 1. The first-order valence-electron chi connectivity index (χ1n) is 7.76. The normalized spacial score (nSPS) is 16.5. The summed E-state index contributed by atoms with van der Waals surface area (Å²) in [6, 6.07) is 2.89. The SMILES string of the molecule is COc1cc(CC(=O)NN)c(S(=O)(=O)N2CCN(C)CC2)cc1OC. The van der Waals surface area contributed by atoms with Gasteiger partial charge in [-0.15, -0.1) is 0 Å². The predicted octanol–water partition coefficient (Wildman–Crippen LogP) is -0.828. The number of amides is 1. The lowest BCUT2D eigenvalue weighted by atomic mass is 10.1. The summed E-state index contributed by atoms with van der Waals surface area (Å²) in [7, 11) is 1.04. The summed E-state index contributed by atoms with van der Waals surface area (Å²) in [6.45, 7) is 2.06. The van der Waals surface area contributed by atoms with Crippen molar-refractivity contribution in [2.75, 3.05) is 47.4 Å². The zero-order valence-corrected chi connectivity index (χ0v) is 15.4. The maximum absolute atomic E-state index is 13.1. The molecule has 1 heterocycles. The number of likely N-dealkylation sites (N-methyl/N-ethyl adjacent to an activating group) is 1. The fourth-order valence-electron chi connectivity index (χ4n) is 2.67. The predicted molar refractivity (Wildman–Crippen MR) is 91.8 cm³/mol. The highest BCUT2D eigenvalue weighted by Crippen LogP contribution is 2.34. The van der Waals surface area contributed by atoms with Gasteiger partial charge in [-0.25, -0.2) is 14.3 Å². The number of hydrazine groups is 1. The molecule has 0 aromatic heterocycles. The minimum absolute atomic E-state index is 0.0262. The Hall–Kier alpha value is -1.88. The van der Waals surface area contributed by atoms with Gasteiger partial charge in [0.25, 0.3) is 0 Å². The Bertz CT molecular complexity index is 730. The summed E-state index contributed by atoms with van der Waals surface area (Å²) in [5.41, 5.74) is 2.32. The lowest BCUT2D eigenvalue weighted by Crippen LogP contribution is -2.47. The first kappa shape index (κ1) is 19.4. The highest BCUT2D eigenvalue weighted by Gasteiger charge is 2.31. The molecule has 0 saturated carbocycles. The lowest BCUT2D eigenvalue weighted by Gasteiger charge is -2.32. The second-order valence-corrected chi connectivity index (χ2v) is 7.67. The number of methoxy groups -OCH3 is 2. The van der Waals surface area contributed by atoms with Crippen molar-refractivity contribution < 1.29 is 22.7 Å². The van der Waals surface area contributed by atoms with Crippen LogP contribution in [0.3, 0.4) is 0 Å². The van der Waals surface area contributed by atoms with Crippen LogP contribution < -0.4 is 20.7 Å². The molecule has 1 aromatic carbocycles. The summed E-state index contributed by atoms with van der Waals surface area (Å²) in [5, 5.41) is 0. The number of nitrogens with two attached hydrogens (primary N) is 1. The number of benzene rings is 1. The highest BCUT2D eigenvalue weighted by molar-refractivity contribution is 7.89. The van der Waals surface area contributed by atoms with Gasteiger partial charge in [0.1, 0.15) is 0 Å². The van der Waals surface area contributed by atoms with Gasteiger partial charge >= 0.3 is 0 Å². The van der Waals surface area contributed by atoms with E-state index in [0.717, 1.165) is 0 Å². The average molecular weight is 372 g/mol. The molecule has 0 bridgehead atoms. The van der Waals surface area contributed by atoms with E-state index in [0.29, 0.717) is 37.5 Å². The second-order valence-electron chi connectivity index (χ2n) is 5.77. The molecule has 0 unspecified atom stereocenters. The number of piperazine rings is 1. The third kappa shape index (κ3) is 4.21. The van der Waals surface area contributed by atoms with Gasteiger partial charge in [-0.05, 0) is 18.7 Å². The fourth-order valence-corrected chi connectivity index (χ4v) is 4.31. The number of hydrogen-bond acceptors (Lipinski definition) is 7. The number of carbonyl (C=O) groups is 1. The molecule has 1 aromatic rings. The third-order valence-electron chi connectivity index (χ3n) is 4.16. The van der Waals surface area contributed by atoms with Crippen LogP contribution in [0.1, 0.15) is 5.56 Å². The van der Waals surface area contributed by atoms with Crippen molar-refractivity contribution in [3.8, 4) is 11.5 Å². The van der Waals surface area contributed by atoms with E-state index in [9.17, 15) is 13.2 Å². The van der Waals surface area contributed by atoms with Crippen LogP contribution in [0, 0.1) is 0 Å². The van der Waals surface area contributed by atoms with Crippen molar-refractivity contribution in [3.05, 3.63) is 17.7 Å². The molecule has 25 heavy (non-hydrogen) atoms. The maximum atomic E-state index is 13.1. The van der Waals surface area contributed by atoms with Crippen molar-refractivity contribution in [2.24, 2.45) is 5.84 Å². The van der Waals surface area contributed by atoms with Crippen LogP contribution in [0.2, 0.25) is 0 Å². The number of rotatable bonds is 6. The molecule has 9 nitrogen and oxygen atoms in total. The van der Waals surface area contributed by atoms with E-state index in [2.05, 4.69) is 4.90 Å². The van der Waals surface area contributed by atoms with Gasteiger partial charge in [0, 0.05) is 32.2 Å². The quantitative estimate of drug-likeness (QED) is 0.381. The van der Waals surface area contributed by atoms with Gasteiger partial charge in [0.05, 0.1) is 25.5 Å². The number of carbonyl (C=O) groups excluding carboxylic acids is 1. The van der Waals surface area contributed by atoms with Crippen LogP contribution >= 0.6 is 0 Å². The minimum atomic E-state index is -3.78. The van der Waals surface area contributed by atoms with Crippen LogP contribution in [0.15, 0.2) is 17.0 Å². The molecule has 1 fully saturated rings. The molecule has 0 aliphatic carbocycles. The van der Waals surface area contributed by atoms with Crippen molar-refractivity contribution >= 4 is 15.9 Å². The number of ether oxygens (including phenoxy) is 2. The Kier molecular flexibility index (Phi) is 6.22. The van der Waals surface area contributed by atoms with E-state index < -0.39 is 15.9 Å². The average Bonchev–Trinajstić information content (AvgIpc) is 2.61. The Balaban J connectivity index is 2.50. The molecule has 140 valence electrons. The smallest absolute Gasteiger partial charge is 0.243 e. The van der Waals surface area contributed by atoms with Crippen LogP contribution in [-0.4, -0.2) is 71.0 Å². The topological polar surface area (TPSA) is 114 Å². The lowest BCUT2D eigenvalue weighted by molar-refractivity contribution is -0.120. The molecular formula is C15H24N4O5S. The maximum Gasteiger partial charge on any atom is 0.243 e. The molecule has 0 radical (unpaired) electrons. The van der Waals surface area contributed by atoms with E-state index in [-0.39, 0.29) is 17.1 Å². The van der Waals surface area contributed by atoms with Crippen LogP contribution in [0.5, 0.6) is 11.5 Å². The Labute approximate surface area is 147 Å². The van der Waals surface area contributed by atoms with E-state index in [4.69, 9.17) is 15.3 Å². The second kappa shape index (κ2) is 8.00. The summed E-state index contributed by atoms with van der Waals surface area (Å²) >= 11 is 0. The Morgan fingerprint density at radius 1 is 1.16 bits per heavy atom. The van der Waals surface area contributed by atoms with Crippen molar-refractivity contribution in [1.29, 1.82) is 0 Å². The van der Waals surface area contributed by atoms with E-state index in [1.807, 2.05) is 12.5 Å². The summed E-state index contributed by atoms with van der Waals surface area (Å²) < 4.78 is 38.1. The third-order valence-corrected chi connectivity index (χ3v) is 6.14. The van der Waals surface area contributed by atoms with Gasteiger partial charge in [-0.3, -0.25) is 10.2 Å². The summed E-state index contributed by atoms with van der Waals surface area (Å²) in [5.74, 6) is 5.28. The zero-order chi connectivity index (χ0) is 18.6. The monoisotopic (exact) mass is 372 g/mol. The van der Waals surface area contributed by atoms with E-state index >= 15 is 0 Å². The van der Waals surface area contributed by atoms with Gasteiger partial charge < -0.3 is 14.4 Å². The van der Waals surface area contributed by atoms with Gasteiger partial charge in [-0.2, -0.15) is 4.31 Å². The minimum Gasteiger partial charge on any atom is -0.493 e. The van der Waals surface area contributed by atoms with Crippen LogP contribution in [0.4, 0.5) is 0 Å². The molecule has 1 aliphatic rings. The number of nitrogens with one attached hydrogen (secondary N) is 1. The molecule has 0 atom stereocenters.